The number of nitrogens with zero attached hydrogens (tertiary/aromatic N) is 1. The highest BCUT2D eigenvalue weighted by molar-refractivity contribution is 4.79. The van der Waals surface area contributed by atoms with E-state index in [2.05, 4.69) is 25.8 Å². The largest absolute Gasteiger partial charge is 0.327 e. The van der Waals surface area contributed by atoms with E-state index in [1.807, 2.05) is 0 Å². The van der Waals surface area contributed by atoms with Crippen molar-refractivity contribution in [2.45, 2.75) is 64.5 Å². The first-order chi connectivity index (χ1) is 7.15. The Morgan fingerprint density at radius 1 is 1.27 bits per heavy atom. The summed E-state index contributed by atoms with van der Waals surface area (Å²) in [6.07, 6.45) is 7.91. The molecule has 0 saturated heterocycles. The summed E-state index contributed by atoms with van der Waals surface area (Å²) in [6, 6.07) is 1.14. The van der Waals surface area contributed by atoms with Gasteiger partial charge in [-0.2, -0.15) is 0 Å². The van der Waals surface area contributed by atoms with Crippen LogP contribution in [-0.4, -0.2) is 30.6 Å². The molecule has 2 heteroatoms. The predicted molar refractivity (Wildman–Crippen MR) is 66.9 cm³/mol. The molecule has 3 unspecified atom stereocenters. The highest BCUT2D eigenvalue weighted by Crippen LogP contribution is 2.23. The first-order valence-corrected chi connectivity index (χ1v) is 6.61. The van der Waals surface area contributed by atoms with Crippen LogP contribution in [0.4, 0.5) is 0 Å². The lowest BCUT2D eigenvalue weighted by Gasteiger charge is -2.30. The third-order valence-corrected chi connectivity index (χ3v) is 4.08. The van der Waals surface area contributed by atoms with Crippen LogP contribution in [0.5, 0.6) is 0 Å². The van der Waals surface area contributed by atoms with Gasteiger partial charge in [-0.25, -0.2) is 0 Å². The molecule has 1 rings (SSSR count). The standard InChI is InChI=1S/C13H28N2/c1-4-11(2)15(3)10-12-8-6-5-7-9-13(12)14/h11-13H,4-10,14H2,1-3H3. The summed E-state index contributed by atoms with van der Waals surface area (Å²) in [6.45, 7) is 5.76. The van der Waals surface area contributed by atoms with Gasteiger partial charge >= 0.3 is 0 Å². The zero-order valence-corrected chi connectivity index (χ0v) is 10.7. The average molecular weight is 212 g/mol. The van der Waals surface area contributed by atoms with E-state index in [4.69, 9.17) is 5.73 Å². The van der Waals surface area contributed by atoms with E-state index in [9.17, 15) is 0 Å². The number of hydrogen-bond acceptors (Lipinski definition) is 2. The highest BCUT2D eigenvalue weighted by atomic mass is 15.1. The molecule has 0 aliphatic heterocycles. The van der Waals surface area contributed by atoms with Crippen molar-refractivity contribution in [1.29, 1.82) is 0 Å². The molecule has 0 aromatic carbocycles. The Bertz CT molecular complexity index is 170. The summed E-state index contributed by atoms with van der Waals surface area (Å²) in [7, 11) is 2.24. The lowest BCUT2D eigenvalue weighted by molar-refractivity contribution is 0.193. The van der Waals surface area contributed by atoms with E-state index >= 15 is 0 Å². The third kappa shape index (κ3) is 4.12. The van der Waals surface area contributed by atoms with Crippen molar-refractivity contribution in [1.82, 2.24) is 4.90 Å². The topological polar surface area (TPSA) is 29.3 Å². The lowest BCUT2D eigenvalue weighted by atomic mass is 9.94. The van der Waals surface area contributed by atoms with Gasteiger partial charge in [0, 0.05) is 18.6 Å². The molecule has 15 heavy (non-hydrogen) atoms. The second kappa shape index (κ2) is 6.49. The molecule has 1 saturated carbocycles. The van der Waals surface area contributed by atoms with Crippen LogP contribution in [0.1, 0.15) is 52.4 Å². The first kappa shape index (κ1) is 13.0. The number of rotatable bonds is 4. The van der Waals surface area contributed by atoms with Crippen molar-refractivity contribution < 1.29 is 0 Å². The van der Waals surface area contributed by atoms with Crippen LogP contribution < -0.4 is 5.73 Å². The van der Waals surface area contributed by atoms with Crippen molar-refractivity contribution in [3.05, 3.63) is 0 Å². The molecule has 1 aliphatic carbocycles. The van der Waals surface area contributed by atoms with Gasteiger partial charge in [0.05, 0.1) is 0 Å². The third-order valence-electron chi connectivity index (χ3n) is 4.08. The molecular formula is C13H28N2. The van der Waals surface area contributed by atoms with E-state index in [1.165, 1.54) is 45.1 Å². The van der Waals surface area contributed by atoms with Crippen molar-refractivity contribution in [2.24, 2.45) is 11.7 Å². The van der Waals surface area contributed by atoms with Crippen LogP contribution in [0.25, 0.3) is 0 Å². The normalized spacial score (nSPS) is 30.2. The minimum Gasteiger partial charge on any atom is -0.327 e. The molecule has 0 heterocycles. The summed E-state index contributed by atoms with van der Waals surface area (Å²) < 4.78 is 0. The fourth-order valence-corrected chi connectivity index (χ4v) is 2.50. The van der Waals surface area contributed by atoms with Crippen molar-refractivity contribution in [3.63, 3.8) is 0 Å². The molecule has 0 spiro atoms. The van der Waals surface area contributed by atoms with Gasteiger partial charge in [-0.15, -0.1) is 0 Å². The van der Waals surface area contributed by atoms with Gasteiger partial charge in [0.1, 0.15) is 0 Å². The molecule has 0 aromatic rings. The monoisotopic (exact) mass is 212 g/mol. The van der Waals surface area contributed by atoms with E-state index in [1.54, 1.807) is 0 Å². The maximum Gasteiger partial charge on any atom is 0.00793 e. The van der Waals surface area contributed by atoms with Gasteiger partial charge in [-0.3, -0.25) is 0 Å². The number of nitrogens with two attached hydrogens (primary N) is 1. The molecule has 1 fully saturated rings. The summed E-state index contributed by atoms with van der Waals surface area (Å²) in [5.41, 5.74) is 6.24. The molecule has 1 aliphatic rings. The average Bonchev–Trinajstić information content (AvgIpc) is 2.43. The Morgan fingerprint density at radius 2 is 1.93 bits per heavy atom. The lowest BCUT2D eigenvalue weighted by Crippen LogP contribution is -2.40. The fourth-order valence-electron chi connectivity index (χ4n) is 2.50. The SMILES string of the molecule is CCC(C)N(C)CC1CCCCCC1N. The molecule has 0 radical (unpaired) electrons. The minimum absolute atomic E-state index is 0.444. The Morgan fingerprint density at radius 3 is 2.60 bits per heavy atom. The van der Waals surface area contributed by atoms with E-state index < -0.39 is 0 Å². The van der Waals surface area contributed by atoms with Crippen molar-refractivity contribution >= 4 is 0 Å². The molecule has 0 amide bonds. The second-order valence-electron chi connectivity index (χ2n) is 5.26. The summed E-state index contributed by atoms with van der Waals surface area (Å²) in [5.74, 6) is 0.728. The zero-order valence-electron chi connectivity index (χ0n) is 10.7. The molecule has 90 valence electrons. The van der Waals surface area contributed by atoms with Gasteiger partial charge in [-0.05, 0) is 39.2 Å². The predicted octanol–water partition coefficient (Wildman–Crippen LogP) is 2.62. The highest BCUT2D eigenvalue weighted by Gasteiger charge is 2.22. The van der Waals surface area contributed by atoms with Crippen LogP contribution in [0.15, 0.2) is 0 Å². The van der Waals surface area contributed by atoms with Crippen LogP contribution >= 0.6 is 0 Å². The molecular weight excluding hydrogens is 184 g/mol. The second-order valence-corrected chi connectivity index (χ2v) is 5.26. The maximum atomic E-state index is 6.24. The van der Waals surface area contributed by atoms with E-state index in [0.717, 1.165) is 5.92 Å². The van der Waals surface area contributed by atoms with Gasteiger partial charge in [0.25, 0.3) is 0 Å². The van der Waals surface area contributed by atoms with Gasteiger partial charge in [0.2, 0.25) is 0 Å². The quantitative estimate of drug-likeness (QED) is 0.726. The molecule has 0 aromatic heterocycles. The Labute approximate surface area is 95.2 Å². The van der Waals surface area contributed by atoms with E-state index in [0.29, 0.717) is 12.1 Å². The van der Waals surface area contributed by atoms with Gasteiger partial charge in [0.15, 0.2) is 0 Å². The van der Waals surface area contributed by atoms with Crippen molar-refractivity contribution in [2.75, 3.05) is 13.6 Å². The Kier molecular flexibility index (Phi) is 5.62. The summed E-state index contributed by atoms with van der Waals surface area (Å²) in [5, 5.41) is 0. The number of hydrogen-bond donors (Lipinski definition) is 1. The molecule has 0 bridgehead atoms. The fraction of sp³-hybridized carbons (Fsp3) is 1.00. The molecule has 2 nitrogen and oxygen atoms in total. The van der Waals surface area contributed by atoms with Gasteiger partial charge in [-0.1, -0.05) is 26.2 Å². The van der Waals surface area contributed by atoms with Crippen LogP contribution in [0.2, 0.25) is 0 Å². The van der Waals surface area contributed by atoms with Crippen LogP contribution in [0.3, 0.4) is 0 Å². The minimum atomic E-state index is 0.444. The summed E-state index contributed by atoms with van der Waals surface area (Å²) >= 11 is 0. The molecule has 3 atom stereocenters. The Hall–Kier alpha value is -0.0800. The summed E-state index contributed by atoms with van der Waals surface area (Å²) in [4.78, 5) is 2.48. The van der Waals surface area contributed by atoms with Crippen LogP contribution in [-0.2, 0) is 0 Å². The Balaban J connectivity index is 2.40. The van der Waals surface area contributed by atoms with Crippen molar-refractivity contribution in [3.8, 4) is 0 Å². The van der Waals surface area contributed by atoms with Crippen LogP contribution in [0, 0.1) is 5.92 Å². The zero-order chi connectivity index (χ0) is 11.3. The van der Waals surface area contributed by atoms with Gasteiger partial charge < -0.3 is 10.6 Å². The smallest absolute Gasteiger partial charge is 0.00793 e. The van der Waals surface area contributed by atoms with E-state index in [-0.39, 0.29) is 0 Å². The molecule has 2 N–H and O–H groups in total. The maximum absolute atomic E-state index is 6.24. The first-order valence-electron chi connectivity index (χ1n) is 6.61.